The number of H-pyrrole nitrogens is 1. The number of hydrogen-bond donors (Lipinski definition) is 1. The van der Waals surface area contributed by atoms with Gasteiger partial charge in [0.15, 0.2) is 0 Å². The van der Waals surface area contributed by atoms with Crippen LogP contribution in [-0.2, 0) is 10.0 Å². The maximum Gasteiger partial charge on any atom is 0.217 e. The van der Waals surface area contributed by atoms with Crippen LogP contribution in [-0.4, -0.2) is 54.3 Å². The lowest BCUT2D eigenvalue weighted by atomic mass is 10.2. The minimum Gasteiger partial charge on any atom is -0.368 e. The van der Waals surface area contributed by atoms with E-state index in [9.17, 15) is 8.42 Å². The summed E-state index contributed by atoms with van der Waals surface area (Å²) in [6.45, 7) is 2.62. The lowest BCUT2D eigenvalue weighted by Crippen LogP contribution is -2.49. The van der Waals surface area contributed by atoms with Crippen LogP contribution in [0.1, 0.15) is 12.8 Å². The number of hydrogen-bond acceptors (Lipinski definition) is 4. The van der Waals surface area contributed by atoms with Crippen LogP contribution in [0, 0.1) is 0 Å². The van der Waals surface area contributed by atoms with Crippen LogP contribution in [0.25, 0.3) is 10.9 Å². The first-order valence-electron chi connectivity index (χ1n) is 7.32. The minimum atomic E-state index is -3.04. The molecule has 1 aromatic carbocycles. The fraction of sp³-hybridized carbons (Fsp3) is 0.500. The molecule has 0 bridgehead atoms. The van der Waals surface area contributed by atoms with Gasteiger partial charge < -0.3 is 4.90 Å². The summed E-state index contributed by atoms with van der Waals surface area (Å²) in [5.41, 5.74) is 2.14. The molecule has 2 aliphatic rings. The van der Waals surface area contributed by atoms with Gasteiger partial charge in [0.2, 0.25) is 10.0 Å². The Balaban J connectivity index is 1.54. The van der Waals surface area contributed by atoms with Crippen LogP contribution in [0.15, 0.2) is 24.4 Å². The van der Waals surface area contributed by atoms with Crippen molar-refractivity contribution in [3.63, 3.8) is 0 Å². The first-order chi connectivity index (χ1) is 10.2. The van der Waals surface area contributed by atoms with Crippen LogP contribution >= 0.6 is 0 Å². The number of aromatic amines is 1. The summed E-state index contributed by atoms with van der Waals surface area (Å²) < 4.78 is 26.2. The van der Waals surface area contributed by atoms with Gasteiger partial charge in [-0.15, -0.1) is 0 Å². The highest BCUT2D eigenvalue weighted by Gasteiger charge is 2.41. The molecule has 4 rings (SSSR count). The monoisotopic (exact) mass is 306 g/mol. The maximum atomic E-state index is 12.3. The topological polar surface area (TPSA) is 69.3 Å². The van der Waals surface area contributed by atoms with Crippen molar-refractivity contribution >= 4 is 26.6 Å². The van der Waals surface area contributed by atoms with Gasteiger partial charge in [0.25, 0.3) is 0 Å². The molecule has 1 aromatic heterocycles. The normalized spacial score (nSPS) is 21.0. The average Bonchev–Trinajstić information content (AvgIpc) is 3.26. The summed E-state index contributed by atoms with van der Waals surface area (Å²) in [4.78, 5) is 2.25. The zero-order valence-electron chi connectivity index (χ0n) is 11.7. The zero-order valence-corrected chi connectivity index (χ0v) is 12.5. The molecule has 0 unspecified atom stereocenters. The Morgan fingerprint density at radius 1 is 1.14 bits per heavy atom. The van der Waals surface area contributed by atoms with Gasteiger partial charge >= 0.3 is 0 Å². The lowest BCUT2D eigenvalue weighted by molar-refractivity contribution is 0.384. The molecular weight excluding hydrogens is 288 g/mol. The van der Waals surface area contributed by atoms with Crippen LogP contribution in [0.2, 0.25) is 0 Å². The summed E-state index contributed by atoms with van der Waals surface area (Å²) in [6, 6.07) is 6.08. The van der Waals surface area contributed by atoms with Gasteiger partial charge in [0.05, 0.1) is 17.0 Å². The molecule has 1 saturated heterocycles. The minimum absolute atomic E-state index is 0.110. The second kappa shape index (κ2) is 4.71. The van der Waals surface area contributed by atoms with Crippen LogP contribution in [0.4, 0.5) is 5.69 Å². The standard InChI is InChI=1S/C14H18N4O2S/c19-21(20,11-4-5-11)18-8-6-17(7-9-18)14-3-1-2-13-12(14)10-15-16-13/h1-3,10-11H,4-9H2,(H,15,16). The van der Waals surface area contributed by atoms with E-state index in [4.69, 9.17) is 0 Å². The van der Waals surface area contributed by atoms with E-state index in [1.54, 1.807) is 4.31 Å². The first-order valence-corrected chi connectivity index (χ1v) is 8.82. The smallest absolute Gasteiger partial charge is 0.217 e. The van der Waals surface area contributed by atoms with Gasteiger partial charge in [-0.05, 0) is 25.0 Å². The number of rotatable bonds is 3. The number of nitrogens with one attached hydrogen (secondary N) is 1. The molecule has 112 valence electrons. The third kappa shape index (κ3) is 2.20. The van der Waals surface area contributed by atoms with Crippen LogP contribution in [0.5, 0.6) is 0 Å². The van der Waals surface area contributed by atoms with Crippen molar-refractivity contribution < 1.29 is 8.42 Å². The van der Waals surface area contributed by atoms with Gasteiger partial charge in [-0.2, -0.15) is 9.40 Å². The second-order valence-electron chi connectivity index (χ2n) is 5.74. The predicted molar refractivity (Wildman–Crippen MR) is 81.8 cm³/mol. The van der Waals surface area contributed by atoms with Crippen LogP contribution < -0.4 is 4.90 Å². The average molecular weight is 306 g/mol. The molecule has 1 N–H and O–H groups in total. The highest BCUT2D eigenvalue weighted by Crippen LogP contribution is 2.32. The molecular formula is C14H18N4O2S. The summed E-state index contributed by atoms with van der Waals surface area (Å²) in [7, 11) is -3.04. The van der Waals surface area contributed by atoms with E-state index in [0.717, 1.165) is 42.5 Å². The molecule has 2 heterocycles. The van der Waals surface area contributed by atoms with Crippen molar-refractivity contribution in [2.45, 2.75) is 18.1 Å². The maximum absolute atomic E-state index is 12.3. The molecule has 6 nitrogen and oxygen atoms in total. The third-order valence-corrected chi connectivity index (χ3v) is 6.75. The van der Waals surface area contributed by atoms with E-state index in [-0.39, 0.29) is 5.25 Å². The number of piperazine rings is 1. The molecule has 0 atom stereocenters. The van der Waals surface area contributed by atoms with Crippen molar-refractivity contribution in [3.05, 3.63) is 24.4 Å². The number of nitrogens with zero attached hydrogens (tertiary/aromatic N) is 3. The molecule has 0 spiro atoms. The molecule has 1 aliphatic carbocycles. The molecule has 1 saturated carbocycles. The van der Waals surface area contributed by atoms with Gasteiger partial charge in [-0.3, -0.25) is 5.10 Å². The third-order valence-electron chi connectivity index (χ3n) is 4.35. The SMILES string of the molecule is O=S(=O)(C1CC1)N1CCN(c2cccc3[nH]ncc23)CC1. The van der Waals surface area contributed by atoms with E-state index < -0.39 is 10.0 Å². The number of sulfonamides is 1. The number of fused-ring (bicyclic) bond motifs is 1. The first kappa shape index (κ1) is 13.1. The zero-order chi connectivity index (χ0) is 14.4. The summed E-state index contributed by atoms with van der Waals surface area (Å²) in [6.07, 6.45) is 3.49. The molecule has 0 amide bonds. The Bertz CT molecular complexity index is 758. The fourth-order valence-electron chi connectivity index (χ4n) is 2.99. The Kier molecular flexibility index (Phi) is 2.93. The molecule has 7 heteroatoms. The molecule has 21 heavy (non-hydrogen) atoms. The molecule has 2 fully saturated rings. The van der Waals surface area contributed by atoms with E-state index in [0.29, 0.717) is 13.1 Å². The van der Waals surface area contributed by atoms with Crippen molar-refractivity contribution in [2.75, 3.05) is 31.1 Å². The second-order valence-corrected chi connectivity index (χ2v) is 7.95. The van der Waals surface area contributed by atoms with Crippen molar-refractivity contribution in [1.82, 2.24) is 14.5 Å². The van der Waals surface area contributed by atoms with Gasteiger partial charge in [0, 0.05) is 37.3 Å². The Morgan fingerprint density at radius 2 is 1.90 bits per heavy atom. The highest BCUT2D eigenvalue weighted by atomic mass is 32.2. The molecule has 1 aliphatic heterocycles. The predicted octanol–water partition coefficient (Wildman–Crippen LogP) is 1.18. The quantitative estimate of drug-likeness (QED) is 0.924. The van der Waals surface area contributed by atoms with Gasteiger partial charge in [-0.1, -0.05) is 6.07 Å². The molecule has 2 aromatic rings. The Hall–Kier alpha value is -1.60. The van der Waals surface area contributed by atoms with Crippen molar-refractivity contribution in [1.29, 1.82) is 0 Å². The fourth-order valence-corrected chi connectivity index (χ4v) is 4.81. The summed E-state index contributed by atoms with van der Waals surface area (Å²) >= 11 is 0. The van der Waals surface area contributed by atoms with Gasteiger partial charge in [-0.25, -0.2) is 8.42 Å². The Morgan fingerprint density at radius 3 is 2.62 bits per heavy atom. The number of benzene rings is 1. The number of aromatic nitrogens is 2. The van der Waals surface area contributed by atoms with Crippen LogP contribution in [0.3, 0.4) is 0 Å². The van der Waals surface area contributed by atoms with Gasteiger partial charge in [0.1, 0.15) is 0 Å². The van der Waals surface area contributed by atoms with E-state index in [1.165, 1.54) is 0 Å². The molecule has 0 radical (unpaired) electrons. The highest BCUT2D eigenvalue weighted by molar-refractivity contribution is 7.90. The summed E-state index contributed by atoms with van der Waals surface area (Å²) in [5, 5.41) is 8.04. The largest absolute Gasteiger partial charge is 0.368 e. The van der Waals surface area contributed by atoms with E-state index >= 15 is 0 Å². The number of anilines is 1. The van der Waals surface area contributed by atoms with Crippen molar-refractivity contribution in [3.8, 4) is 0 Å². The van der Waals surface area contributed by atoms with E-state index in [2.05, 4.69) is 21.2 Å². The van der Waals surface area contributed by atoms with Crippen molar-refractivity contribution in [2.24, 2.45) is 0 Å². The summed E-state index contributed by atoms with van der Waals surface area (Å²) in [5.74, 6) is 0. The lowest BCUT2D eigenvalue weighted by Gasteiger charge is -2.35. The van der Waals surface area contributed by atoms with E-state index in [1.807, 2.05) is 18.3 Å². The Labute approximate surface area is 123 Å².